The molecule has 4 nitrogen and oxygen atoms in total. The van der Waals surface area contributed by atoms with E-state index in [1.54, 1.807) is 24.3 Å². The second kappa shape index (κ2) is 5.13. The molecule has 0 saturated carbocycles. The molecule has 6 heteroatoms. The van der Waals surface area contributed by atoms with E-state index in [9.17, 15) is 4.39 Å². The lowest BCUT2D eigenvalue weighted by molar-refractivity contribution is 0.264. The third-order valence-electron chi connectivity index (χ3n) is 2.70. The normalized spacial score (nSPS) is 10.9. The monoisotopic (exact) mass is 336 g/mol. The zero-order valence-corrected chi connectivity index (χ0v) is 11.9. The van der Waals surface area contributed by atoms with Gasteiger partial charge in [0.2, 0.25) is 5.89 Å². The molecule has 102 valence electrons. The molecular weight excluding hydrogens is 327 g/mol. The summed E-state index contributed by atoms with van der Waals surface area (Å²) in [4.78, 5) is 4.26. The summed E-state index contributed by atoms with van der Waals surface area (Å²) in [6.07, 6.45) is 0. The standard InChI is InChI=1S/C14H10BrFN2O2/c15-10-3-1-8(16)5-13(10)19-7-14-18-11-6-9(17)2-4-12(11)20-14/h1-6H,7,17H2. The number of hydrogen-bond acceptors (Lipinski definition) is 4. The first kappa shape index (κ1) is 12.9. The van der Waals surface area contributed by atoms with Crippen LogP contribution in [-0.4, -0.2) is 4.98 Å². The molecule has 0 bridgehead atoms. The average Bonchev–Trinajstić information content (AvgIpc) is 2.81. The predicted molar refractivity (Wildman–Crippen MR) is 76.9 cm³/mol. The van der Waals surface area contributed by atoms with E-state index in [2.05, 4.69) is 20.9 Å². The molecule has 1 aromatic heterocycles. The highest BCUT2D eigenvalue weighted by Gasteiger charge is 2.09. The number of ether oxygens (including phenoxy) is 1. The Morgan fingerprint density at radius 2 is 2.10 bits per heavy atom. The number of aromatic nitrogens is 1. The molecule has 0 unspecified atom stereocenters. The van der Waals surface area contributed by atoms with Gasteiger partial charge < -0.3 is 14.9 Å². The van der Waals surface area contributed by atoms with Gasteiger partial charge in [0.25, 0.3) is 0 Å². The summed E-state index contributed by atoms with van der Waals surface area (Å²) in [7, 11) is 0. The Balaban J connectivity index is 1.81. The van der Waals surface area contributed by atoms with Gasteiger partial charge >= 0.3 is 0 Å². The van der Waals surface area contributed by atoms with Crippen molar-refractivity contribution in [3.05, 3.63) is 52.6 Å². The Kier molecular flexibility index (Phi) is 3.31. The molecule has 2 N–H and O–H groups in total. The summed E-state index contributed by atoms with van der Waals surface area (Å²) in [6.45, 7) is 0.108. The van der Waals surface area contributed by atoms with Crippen LogP contribution < -0.4 is 10.5 Å². The van der Waals surface area contributed by atoms with Gasteiger partial charge in [0, 0.05) is 11.8 Å². The molecule has 0 radical (unpaired) electrons. The summed E-state index contributed by atoms with van der Waals surface area (Å²) in [5, 5.41) is 0. The smallest absolute Gasteiger partial charge is 0.233 e. The second-order valence-electron chi connectivity index (χ2n) is 4.20. The molecule has 0 amide bonds. The zero-order chi connectivity index (χ0) is 14.1. The lowest BCUT2D eigenvalue weighted by atomic mass is 10.3. The van der Waals surface area contributed by atoms with Crippen LogP contribution in [0.3, 0.4) is 0 Å². The minimum absolute atomic E-state index is 0.108. The molecule has 0 fully saturated rings. The fourth-order valence-corrected chi connectivity index (χ4v) is 2.14. The molecule has 0 aliphatic heterocycles. The summed E-state index contributed by atoms with van der Waals surface area (Å²) in [5.41, 5.74) is 7.59. The Hall–Kier alpha value is -2.08. The maximum atomic E-state index is 13.1. The van der Waals surface area contributed by atoms with Crippen molar-refractivity contribution in [2.75, 3.05) is 5.73 Å². The molecule has 1 heterocycles. The third kappa shape index (κ3) is 2.60. The molecule has 0 saturated heterocycles. The Labute approximate surface area is 122 Å². The van der Waals surface area contributed by atoms with E-state index in [4.69, 9.17) is 14.9 Å². The minimum Gasteiger partial charge on any atom is -0.483 e. The molecule has 0 atom stereocenters. The molecule has 20 heavy (non-hydrogen) atoms. The van der Waals surface area contributed by atoms with E-state index >= 15 is 0 Å². The Morgan fingerprint density at radius 3 is 2.95 bits per heavy atom. The van der Waals surface area contributed by atoms with Gasteiger partial charge in [-0.05, 0) is 46.3 Å². The molecule has 3 rings (SSSR count). The fraction of sp³-hybridized carbons (Fsp3) is 0.0714. The molecular formula is C14H10BrFN2O2. The summed E-state index contributed by atoms with van der Waals surface area (Å²) >= 11 is 3.29. The van der Waals surface area contributed by atoms with Crippen LogP contribution in [0.2, 0.25) is 0 Å². The molecule has 3 aromatic rings. The number of benzene rings is 2. The van der Waals surface area contributed by atoms with Gasteiger partial charge in [-0.25, -0.2) is 9.37 Å². The number of anilines is 1. The molecule has 2 aromatic carbocycles. The highest BCUT2D eigenvalue weighted by atomic mass is 79.9. The van der Waals surface area contributed by atoms with Crippen molar-refractivity contribution in [2.45, 2.75) is 6.61 Å². The van der Waals surface area contributed by atoms with Crippen LogP contribution in [0.5, 0.6) is 5.75 Å². The first-order valence-corrected chi connectivity index (χ1v) is 6.64. The fourth-order valence-electron chi connectivity index (χ4n) is 1.78. The first-order chi connectivity index (χ1) is 9.61. The van der Waals surface area contributed by atoms with Crippen LogP contribution >= 0.6 is 15.9 Å². The number of hydrogen-bond donors (Lipinski definition) is 1. The maximum absolute atomic E-state index is 13.1. The minimum atomic E-state index is -0.367. The van der Waals surface area contributed by atoms with Crippen molar-refractivity contribution in [3.8, 4) is 5.75 Å². The molecule has 0 aliphatic carbocycles. The number of halogens is 2. The average molecular weight is 337 g/mol. The number of oxazole rings is 1. The van der Waals surface area contributed by atoms with Gasteiger partial charge in [-0.2, -0.15) is 0 Å². The van der Waals surface area contributed by atoms with Crippen LogP contribution in [-0.2, 0) is 6.61 Å². The van der Waals surface area contributed by atoms with Crippen LogP contribution in [0.1, 0.15) is 5.89 Å². The third-order valence-corrected chi connectivity index (χ3v) is 3.36. The SMILES string of the molecule is Nc1ccc2oc(COc3cc(F)ccc3Br)nc2c1. The second-order valence-corrected chi connectivity index (χ2v) is 5.05. The van der Waals surface area contributed by atoms with Crippen LogP contribution in [0.4, 0.5) is 10.1 Å². The van der Waals surface area contributed by atoms with E-state index in [0.29, 0.717) is 32.9 Å². The number of rotatable bonds is 3. The van der Waals surface area contributed by atoms with Crippen molar-refractivity contribution < 1.29 is 13.5 Å². The molecule has 0 aliphatic rings. The summed E-state index contributed by atoms with van der Waals surface area (Å²) in [6, 6.07) is 9.43. The predicted octanol–water partition coefficient (Wildman–Crippen LogP) is 3.89. The van der Waals surface area contributed by atoms with Crippen LogP contribution in [0.15, 0.2) is 45.3 Å². The van der Waals surface area contributed by atoms with Gasteiger partial charge in [0.15, 0.2) is 12.2 Å². The van der Waals surface area contributed by atoms with Crippen molar-refractivity contribution in [1.29, 1.82) is 0 Å². The van der Waals surface area contributed by atoms with Gasteiger partial charge in [-0.15, -0.1) is 0 Å². The topological polar surface area (TPSA) is 61.3 Å². The Bertz CT molecular complexity index is 773. The highest BCUT2D eigenvalue weighted by molar-refractivity contribution is 9.10. The van der Waals surface area contributed by atoms with Crippen molar-refractivity contribution in [3.63, 3.8) is 0 Å². The van der Waals surface area contributed by atoms with Crippen LogP contribution in [0.25, 0.3) is 11.1 Å². The van der Waals surface area contributed by atoms with Crippen molar-refractivity contribution in [2.24, 2.45) is 0 Å². The lowest BCUT2D eigenvalue weighted by Gasteiger charge is -2.05. The van der Waals surface area contributed by atoms with Crippen molar-refractivity contribution in [1.82, 2.24) is 4.98 Å². The van der Waals surface area contributed by atoms with Crippen molar-refractivity contribution >= 4 is 32.7 Å². The van der Waals surface area contributed by atoms with E-state index in [0.717, 1.165) is 0 Å². The van der Waals surface area contributed by atoms with Gasteiger partial charge in [0.05, 0.1) is 4.47 Å². The summed E-state index contributed by atoms with van der Waals surface area (Å²) in [5.74, 6) is 0.432. The maximum Gasteiger partial charge on any atom is 0.233 e. The number of nitrogens with zero attached hydrogens (tertiary/aromatic N) is 1. The number of nitrogen functional groups attached to an aromatic ring is 1. The van der Waals surface area contributed by atoms with E-state index in [1.807, 2.05) is 0 Å². The van der Waals surface area contributed by atoms with Gasteiger partial charge in [-0.3, -0.25) is 0 Å². The highest BCUT2D eigenvalue weighted by Crippen LogP contribution is 2.27. The van der Waals surface area contributed by atoms with E-state index < -0.39 is 0 Å². The van der Waals surface area contributed by atoms with E-state index in [1.165, 1.54) is 12.1 Å². The quantitative estimate of drug-likeness (QED) is 0.737. The number of fused-ring (bicyclic) bond motifs is 1. The number of nitrogens with two attached hydrogens (primary N) is 1. The van der Waals surface area contributed by atoms with E-state index in [-0.39, 0.29) is 12.4 Å². The van der Waals surface area contributed by atoms with Crippen LogP contribution in [0, 0.1) is 5.82 Å². The first-order valence-electron chi connectivity index (χ1n) is 5.84. The van der Waals surface area contributed by atoms with Gasteiger partial charge in [0.1, 0.15) is 17.1 Å². The summed E-state index contributed by atoms with van der Waals surface area (Å²) < 4.78 is 24.8. The van der Waals surface area contributed by atoms with Gasteiger partial charge in [-0.1, -0.05) is 0 Å². The zero-order valence-electron chi connectivity index (χ0n) is 10.3. The molecule has 0 spiro atoms. The largest absolute Gasteiger partial charge is 0.483 e. The lowest BCUT2D eigenvalue weighted by Crippen LogP contribution is -1.96. The Morgan fingerprint density at radius 1 is 1.25 bits per heavy atom.